The fourth-order valence-corrected chi connectivity index (χ4v) is 7.64. The summed E-state index contributed by atoms with van der Waals surface area (Å²) in [6.07, 6.45) is -4.60. The lowest BCUT2D eigenvalue weighted by molar-refractivity contribution is -0.138. The van der Waals surface area contributed by atoms with E-state index >= 15 is 0 Å². The Morgan fingerprint density at radius 1 is 0.522 bits per heavy atom. The first-order valence-electron chi connectivity index (χ1n) is 20.8. The van der Waals surface area contributed by atoms with Crippen molar-refractivity contribution in [2.45, 2.75) is 84.7 Å². The Morgan fingerprint density at radius 2 is 0.826 bits per heavy atom. The molecule has 15 nitrogen and oxygen atoms in total. The molecule has 3 aromatic carbocycles. The SMILES string of the molecule is CC(=O)CNC(=O)C1=C(O)c2ccc(C(F)(F)F)cc2C(C)(C)C1=O.CC(=O)CNC(=O)C1=C(O)c2ccc(Cl)cc2C(C)(C)C1=O.CC(=O)CNC(=O)C1=C(O)c2ccc(F)cc2C(C)(C)C1=O. The van der Waals surface area contributed by atoms with E-state index in [1.54, 1.807) is 45.9 Å². The highest BCUT2D eigenvalue weighted by molar-refractivity contribution is 6.32. The highest BCUT2D eigenvalue weighted by Gasteiger charge is 2.46. The standard InChI is InChI=1S/C17H16F3NO4.C16H16ClNO4.C16H16FNO4/c1-8(22)7-21-15(25)12-13(23)10-5-4-9(17(18,19)20)6-11(10)16(2,3)14(12)24;2*1-8(19)7-18-15(22)12-13(20)10-5-4-9(17)6-11(10)16(2,3)14(12)21/h4-6,23H,7H2,1-3H3,(H,21,25);2*4-6,20H,7H2,1-3H3,(H,18,22). The second-order valence-corrected chi connectivity index (χ2v) is 18.3. The van der Waals surface area contributed by atoms with E-state index in [4.69, 9.17) is 11.6 Å². The molecule has 0 fully saturated rings. The molecule has 69 heavy (non-hydrogen) atoms. The predicted octanol–water partition coefficient (Wildman–Crippen LogP) is 6.37. The number of benzene rings is 3. The molecular weight excluding hydrogens is 934 g/mol. The summed E-state index contributed by atoms with van der Waals surface area (Å²) in [5, 5.41) is 38.1. The first kappa shape index (κ1) is 54.3. The minimum absolute atomic E-state index is 0.0204. The van der Waals surface area contributed by atoms with Crippen molar-refractivity contribution in [1.29, 1.82) is 0 Å². The molecule has 0 saturated carbocycles. The highest BCUT2D eigenvalue weighted by Crippen LogP contribution is 2.44. The molecule has 0 heterocycles. The Balaban J connectivity index is 0.000000226. The second-order valence-electron chi connectivity index (χ2n) is 17.8. The average molecular weight is 982 g/mol. The highest BCUT2D eigenvalue weighted by atomic mass is 35.5. The van der Waals surface area contributed by atoms with Gasteiger partial charge in [-0.25, -0.2) is 4.39 Å². The summed E-state index contributed by atoms with van der Waals surface area (Å²) >= 11 is 5.96. The number of carbonyl (C=O) groups is 9. The van der Waals surface area contributed by atoms with E-state index in [0.29, 0.717) is 21.7 Å². The van der Waals surface area contributed by atoms with Crippen molar-refractivity contribution in [3.05, 3.63) is 121 Å². The van der Waals surface area contributed by atoms with E-state index in [1.165, 1.54) is 46.8 Å². The molecule has 366 valence electrons. The van der Waals surface area contributed by atoms with Gasteiger partial charge in [0.1, 0.15) is 57.2 Å². The normalized spacial score (nSPS) is 16.3. The molecule has 3 aliphatic carbocycles. The van der Waals surface area contributed by atoms with Gasteiger partial charge in [-0.15, -0.1) is 0 Å². The van der Waals surface area contributed by atoms with Gasteiger partial charge in [0.25, 0.3) is 17.7 Å². The molecule has 3 aliphatic rings. The van der Waals surface area contributed by atoms with Gasteiger partial charge in [0, 0.05) is 21.7 Å². The Hall–Kier alpha value is -7.28. The summed E-state index contributed by atoms with van der Waals surface area (Å²) in [5.74, 6) is -7.48. The second kappa shape index (κ2) is 20.1. The van der Waals surface area contributed by atoms with Crippen LogP contribution in [0.25, 0.3) is 17.3 Å². The van der Waals surface area contributed by atoms with Gasteiger partial charge in [-0.1, -0.05) is 17.7 Å². The van der Waals surface area contributed by atoms with Gasteiger partial charge in [-0.3, -0.25) is 43.2 Å². The zero-order valence-corrected chi connectivity index (χ0v) is 39.5. The van der Waals surface area contributed by atoms with E-state index in [-0.39, 0.29) is 59.2 Å². The lowest BCUT2D eigenvalue weighted by atomic mass is 9.70. The molecule has 3 aromatic rings. The van der Waals surface area contributed by atoms with E-state index in [2.05, 4.69) is 16.0 Å². The molecule has 0 atom stereocenters. The van der Waals surface area contributed by atoms with Crippen molar-refractivity contribution in [3.8, 4) is 0 Å². The Bertz CT molecular complexity index is 2730. The maximum atomic E-state index is 13.4. The van der Waals surface area contributed by atoms with E-state index in [1.807, 2.05) is 0 Å². The van der Waals surface area contributed by atoms with Crippen molar-refractivity contribution in [2.24, 2.45) is 0 Å². The van der Waals surface area contributed by atoms with Crippen LogP contribution in [0.3, 0.4) is 0 Å². The molecule has 0 aliphatic heterocycles. The minimum atomic E-state index is -4.60. The van der Waals surface area contributed by atoms with Gasteiger partial charge in [0.15, 0.2) is 17.3 Å². The van der Waals surface area contributed by atoms with Crippen LogP contribution in [0.15, 0.2) is 71.3 Å². The van der Waals surface area contributed by atoms with E-state index in [0.717, 1.165) is 24.3 Å². The van der Waals surface area contributed by atoms with Crippen LogP contribution in [-0.4, -0.2) is 87.4 Å². The molecule has 0 unspecified atom stereocenters. The van der Waals surface area contributed by atoms with Gasteiger partial charge in [-0.2, -0.15) is 13.2 Å². The van der Waals surface area contributed by atoms with Crippen molar-refractivity contribution >= 4 is 81.3 Å². The molecule has 0 radical (unpaired) electrons. The number of fused-ring (bicyclic) bond motifs is 3. The van der Waals surface area contributed by atoms with Gasteiger partial charge in [0.2, 0.25) is 0 Å². The molecule has 0 bridgehead atoms. The summed E-state index contributed by atoms with van der Waals surface area (Å²) in [6.45, 7) is 12.3. The van der Waals surface area contributed by atoms with Crippen LogP contribution >= 0.6 is 11.6 Å². The van der Waals surface area contributed by atoms with Crippen LogP contribution in [-0.2, 0) is 65.6 Å². The van der Waals surface area contributed by atoms with Gasteiger partial charge in [0.05, 0.1) is 41.4 Å². The summed E-state index contributed by atoms with van der Waals surface area (Å²) in [4.78, 5) is 107. The third kappa shape index (κ3) is 11.2. The van der Waals surface area contributed by atoms with Crippen LogP contribution in [0.5, 0.6) is 0 Å². The largest absolute Gasteiger partial charge is 0.506 e. The Labute approximate surface area is 397 Å². The maximum absolute atomic E-state index is 13.4. The first-order valence-corrected chi connectivity index (χ1v) is 21.2. The quantitative estimate of drug-likeness (QED) is 0.101. The fraction of sp³-hybridized carbons (Fsp3) is 0.327. The first-order chi connectivity index (χ1) is 31.7. The lowest BCUT2D eigenvalue weighted by Crippen LogP contribution is -2.42. The Kier molecular flexibility index (Phi) is 15.8. The van der Waals surface area contributed by atoms with E-state index in [9.17, 15) is 76.0 Å². The summed E-state index contributed by atoms with van der Waals surface area (Å²) in [5.41, 5.74) is -4.43. The third-order valence-electron chi connectivity index (χ3n) is 11.4. The molecule has 20 heteroatoms. The number of nitrogens with one attached hydrogen (secondary N) is 3. The number of halogens is 5. The predicted molar refractivity (Wildman–Crippen MR) is 243 cm³/mol. The van der Waals surface area contributed by atoms with Gasteiger partial charge in [-0.05, 0) is 128 Å². The molecule has 6 N–H and O–H groups in total. The zero-order chi connectivity index (χ0) is 52.5. The number of hydrogen-bond donors (Lipinski definition) is 6. The molecule has 6 rings (SSSR count). The number of alkyl halides is 3. The molecule has 0 saturated heterocycles. The maximum Gasteiger partial charge on any atom is 0.416 e. The van der Waals surface area contributed by atoms with Gasteiger partial charge >= 0.3 is 6.18 Å². The minimum Gasteiger partial charge on any atom is -0.506 e. The smallest absolute Gasteiger partial charge is 0.416 e. The van der Waals surface area contributed by atoms with Gasteiger partial charge < -0.3 is 31.3 Å². The van der Waals surface area contributed by atoms with Crippen LogP contribution in [0.1, 0.15) is 101 Å². The number of ketones is 6. The molecular formula is C49H48ClF4N3O12. The summed E-state index contributed by atoms with van der Waals surface area (Å²) in [6, 6.07) is 11.0. The number of carbonyl (C=O) groups excluding carboxylic acids is 9. The van der Waals surface area contributed by atoms with Crippen molar-refractivity contribution in [2.75, 3.05) is 19.6 Å². The molecule has 0 aromatic heterocycles. The number of aliphatic hydroxyl groups excluding tert-OH is 3. The Morgan fingerprint density at radius 3 is 1.16 bits per heavy atom. The van der Waals surface area contributed by atoms with Crippen molar-refractivity contribution < 1.29 is 76.0 Å². The number of amides is 3. The average Bonchev–Trinajstić information content (AvgIpc) is 3.25. The van der Waals surface area contributed by atoms with E-state index < -0.39 is 97.3 Å². The van der Waals surface area contributed by atoms with Crippen molar-refractivity contribution in [1.82, 2.24) is 16.0 Å². The number of Topliss-reactive ketones (excluding diaryl/α,β-unsaturated/α-hetero) is 6. The van der Waals surface area contributed by atoms with Crippen molar-refractivity contribution in [3.63, 3.8) is 0 Å². The topological polar surface area (TPSA) is 250 Å². The van der Waals surface area contributed by atoms with Crippen LogP contribution in [0.4, 0.5) is 17.6 Å². The van der Waals surface area contributed by atoms with Crippen LogP contribution < -0.4 is 16.0 Å². The molecule has 3 amide bonds. The third-order valence-corrected chi connectivity index (χ3v) is 11.6. The lowest BCUT2D eigenvalue weighted by Gasteiger charge is -2.32. The number of aliphatic hydroxyl groups is 3. The molecule has 0 spiro atoms. The summed E-state index contributed by atoms with van der Waals surface area (Å²) < 4.78 is 52.2. The zero-order valence-electron chi connectivity index (χ0n) is 38.7. The monoisotopic (exact) mass is 981 g/mol. The fourth-order valence-electron chi connectivity index (χ4n) is 7.47. The number of rotatable bonds is 9. The van der Waals surface area contributed by atoms with Crippen LogP contribution in [0, 0.1) is 5.82 Å². The number of hydrogen-bond acceptors (Lipinski definition) is 12. The summed E-state index contributed by atoms with van der Waals surface area (Å²) in [7, 11) is 0. The van der Waals surface area contributed by atoms with Crippen LogP contribution in [0.2, 0.25) is 5.02 Å².